The lowest BCUT2D eigenvalue weighted by atomic mass is 9.78. The van der Waals surface area contributed by atoms with Gasteiger partial charge in [-0.1, -0.05) is 30.3 Å². The zero-order valence-corrected chi connectivity index (χ0v) is 26.0. The lowest BCUT2D eigenvalue weighted by molar-refractivity contribution is -0.137. The average Bonchev–Trinajstić information content (AvgIpc) is 3.00. The third-order valence-electron chi connectivity index (χ3n) is 8.52. The molecule has 0 bridgehead atoms. The third kappa shape index (κ3) is 9.22. The molecule has 0 saturated carbocycles. The standard InChI is InChI=1S/C32H43F3N8O3/c1-30(40-20-44,31(2,38)41-21-45)12-11-28(43(15-13-36)16-14-37)26(17-22-7-9-24(10-8-22)32(33,34)35)29(46)42-25-18-23-5-3-4-6-27(23)39-19-25/h3-10,18-21,26,28H,11-17,36-38H2,1-2H3,(H,40,44)(H,41,45)(H,42,46). The molecule has 1 heterocycles. The van der Waals surface area contributed by atoms with Gasteiger partial charge in [0.05, 0.1) is 34.4 Å². The Labute approximate surface area is 266 Å². The van der Waals surface area contributed by atoms with E-state index in [0.29, 0.717) is 37.2 Å². The second-order valence-electron chi connectivity index (χ2n) is 11.7. The summed E-state index contributed by atoms with van der Waals surface area (Å²) in [5.41, 5.74) is 16.7. The monoisotopic (exact) mass is 644 g/mol. The van der Waals surface area contributed by atoms with E-state index in [1.54, 1.807) is 19.9 Å². The fraction of sp³-hybridized carbons (Fsp3) is 0.438. The first-order valence-corrected chi connectivity index (χ1v) is 15.0. The summed E-state index contributed by atoms with van der Waals surface area (Å²) in [6.07, 6.45) is -1.51. The molecule has 0 aliphatic carbocycles. The van der Waals surface area contributed by atoms with Gasteiger partial charge in [-0.3, -0.25) is 24.3 Å². The molecule has 0 spiro atoms. The van der Waals surface area contributed by atoms with Crippen LogP contribution in [0.1, 0.15) is 37.8 Å². The number of alkyl halides is 3. The smallest absolute Gasteiger partial charge is 0.350 e. The van der Waals surface area contributed by atoms with Crippen molar-refractivity contribution in [2.24, 2.45) is 23.1 Å². The van der Waals surface area contributed by atoms with Crippen LogP contribution in [0, 0.1) is 5.92 Å². The molecule has 4 unspecified atom stereocenters. The second kappa shape index (κ2) is 15.9. The van der Waals surface area contributed by atoms with Gasteiger partial charge in [-0.25, -0.2) is 0 Å². The topological polar surface area (TPSA) is 181 Å². The van der Waals surface area contributed by atoms with Crippen LogP contribution in [0.5, 0.6) is 0 Å². The molecule has 4 atom stereocenters. The Balaban J connectivity index is 2.07. The molecule has 2 aromatic carbocycles. The van der Waals surface area contributed by atoms with Crippen LogP contribution in [0.3, 0.4) is 0 Å². The van der Waals surface area contributed by atoms with Crippen LogP contribution in [-0.2, 0) is 27.0 Å². The number of benzene rings is 2. The number of carbonyl (C=O) groups excluding carboxylic acids is 3. The molecule has 0 aliphatic heterocycles. The van der Waals surface area contributed by atoms with Crippen LogP contribution in [0.4, 0.5) is 18.9 Å². The fourth-order valence-electron chi connectivity index (χ4n) is 5.60. The molecular weight excluding hydrogens is 601 g/mol. The molecule has 0 saturated heterocycles. The quantitative estimate of drug-likeness (QED) is 0.0901. The Bertz CT molecular complexity index is 1450. The number of carbonyl (C=O) groups is 3. The van der Waals surface area contributed by atoms with Crippen molar-refractivity contribution < 1.29 is 27.6 Å². The van der Waals surface area contributed by atoms with E-state index in [1.165, 1.54) is 18.3 Å². The summed E-state index contributed by atoms with van der Waals surface area (Å²) in [7, 11) is 0. The lowest BCUT2D eigenvalue weighted by Crippen LogP contribution is -2.71. The number of para-hydroxylation sites is 1. The number of nitrogens with two attached hydrogens (primary N) is 3. The van der Waals surface area contributed by atoms with Crippen molar-refractivity contribution in [1.29, 1.82) is 0 Å². The summed E-state index contributed by atoms with van der Waals surface area (Å²) in [6.45, 7) is 4.44. The normalized spacial score (nSPS) is 15.8. The molecule has 46 heavy (non-hydrogen) atoms. The molecule has 14 heteroatoms. The first-order chi connectivity index (χ1) is 21.8. The molecule has 0 fully saturated rings. The summed E-state index contributed by atoms with van der Waals surface area (Å²) in [5, 5.41) is 9.04. The number of hydrogen-bond donors (Lipinski definition) is 6. The summed E-state index contributed by atoms with van der Waals surface area (Å²) < 4.78 is 40.0. The van der Waals surface area contributed by atoms with Crippen LogP contribution >= 0.6 is 0 Å². The second-order valence-corrected chi connectivity index (χ2v) is 11.7. The average molecular weight is 645 g/mol. The Hall–Kier alpha value is -4.11. The van der Waals surface area contributed by atoms with Crippen LogP contribution in [-0.4, -0.2) is 72.0 Å². The number of pyridine rings is 1. The summed E-state index contributed by atoms with van der Waals surface area (Å²) in [6, 6.07) is 13.3. The van der Waals surface area contributed by atoms with Gasteiger partial charge in [0, 0.05) is 37.6 Å². The molecule has 11 nitrogen and oxygen atoms in total. The maximum Gasteiger partial charge on any atom is 0.416 e. The highest BCUT2D eigenvalue weighted by Gasteiger charge is 2.43. The zero-order valence-electron chi connectivity index (χ0n) is 26.0. The predicted octanol–water partition coefficient (Wildman–Crippen LogP) is 2.34. The number of nitrogens with one attached hydrogen (secondary N) is 3. The van der Waals surface area contributed by atoms with Crippen LogP contribution in [0.15, 0.2) is 60.8 Å². The van der Waals surface area contributed by atoms with Gasteiger partial charge in [0.25, 0.3) is 0 Å². The van der Waals surface area contributed by atoms with Gasteiger partial charge in [0.15, 0.2) is 0 Å². The summed E-state index contributed by atoms with van der Waals surface area (Å²) in [5.74, 6) is -1.22. The van der Waals surface area contributed by atoms with E-state index in [-0.39, 0.29) is 32.4 Å². The van der Waals surface area contributed by atoms with E-state index in [4.69, 9.17) is 17.2 Å². The van der Waals surface area contributed by atoms with Crippen molar-refractivity contribution in [1.82, 2.24) is 20.5 Å². The van der Waals surface area contributed by atoms with E-state index in [9.17, 15) is 27.6 Å². The number of aromatic nitrogens is 1. The minimum atomic E-state index is -4.51. The molecule has 1 aromatic heterocycles. The maximum absolute atomic E-state index is 14.2. The van der Waals surface area contributed by atoms with Crippen LogP contribution < -0.4 is 33.2 Å². The van der Waals surface area contributed by atoms with Gasteiger partial charge in [-0.2, -0.15) is 13.2 Å². The van der Waals surface area contributed by atoms with E-state index < -0.39 is 40.8 Å². The SMILES string of the molecule is CC(N)(NC=O)C(C)(CCC(C(Cc1ccc(C(F)(F)F)cc1)C(=O)Nc1cnc2ccccc2c1)N(CCN)CCN)NC=O. The predicted molar refractivity (Wildman–Crippen MR) is 171 cm³/mol. The van der Waals surface area contributed by atoms with E-state index in [2.05, 4.69) is 20.9 Å². The highest BCUT2D eigenvalue weighted by atomic mass is 19.4. The molecule has 0 radical (unpaired) electrons. The van der Waals surface area contributed by atoms with Gasteiger partial charge in [0.2, 0.25) is 18.7 Å². The molecule has 250 valence electrons. The maximum atomic E-state index is 14.2. The molecule has 3 aromatic rings. The minimum absolute atomic E-state index is 0.0750. The first kappa shape index (κ1) is 36.4. The number of anilines is 1. The van der Waals surface area contributed by atoms with Gasteiger partial charge in [0.1, 0.15) is 5.66 Å². The van der Waals surface area contributed by atoms with E-state index in [0.717, 1.165) is 23.0 Å². The Kier molecular flexibility index (Phi) is 12.6. The number of halogens is 3. The van der Waals surface area contributed by atoms with E-state index >= 15 is 0 Å². The minimum Gasteiger partial charge on any atom is -0.350 e. The Morgan fingerprint density at radius 1 is 0.978 bits per heavy atom. The number of hydrogen-bond acceptors (Lipinski definition) is 8. The number of nitrogens with zero attached hydrogens (tertiary/aromatic N) is 2. The molecular formula is C32H43F3N8O3. The van der Waals surface area contributed by atoms with Crippen LogP contribution in [0.2, 0.25) is 0 Å². The fourth-order valence-corrected chi connectivity index (χ4v) is 5.60. The first-order valence-electron chi connectivity index (χ1n) is 15.0. The Morgan fingerprint density at radius 2 is 1.61 bits per heavy atom. The van der Waals surface area contributed by atoms with Crippen molar-refractivity contribution in [2.75, 3.05) is 31.5 Å². The van der Waals surface area contributed by atoms with Crippen molar-refractivity contribution in [3.8, 4) is 0 Å². The zero-order chi connectivity index (χ0) is 34.0. The number of fused-ring (bicyclic) bond motifs is 1. The summed E-state index contributed by atoms with van der Waals surface area (Å²) in [4.78, 5) is 43.6. The highest BCUT2D eigenvalue weighted by molar-refractivity contribution is 5.95. The van der Waals surface area contributed by atoms with Gasteiger partial charge >= 0.3 is 6.18 Å². The number of amides is 3. The molecule has 3 rings (SSSR count). The largest absolute Gasteiger partial charge is 0.416 e. The van der Waals surface area contributed by atoms with Crippen molar-refractivity contribution in [3.05, 3.63) is 71.9 Å². The van der Waals surface area contributed by atoms with Crippen LogP contribution in [0.25, 0.3) is 10.9 Å². The van der Waals surface area contributed by atoms with Gasteiger partial charge < -0.3 is 33.2 Å². The molecule has 9 N–H and O–H groups in total. The van der Waals surface area contributed by atoms with Crippen molar-refractivity contribution in [2.45, 2.75) is 56.5 Å². The van der Waals surface area contributed by atoms with Gasteiger partial charge in [-0.05, 0) is 62.9 Å². The van der Waals surface area contributed by atoms with Crippen molar-refractivity contribution >= 4 is 35.3 Å². The molecule has 3 amide bonds. The summed E-state index contributed by atoms with van der Waals surface area (Å²) >= 11 is 0. The van der Waals surface area contributed by atoms with Crippen molar-refractivity contribution in [3.63, 3.8) is 0 Å². The molecule has 0 aliphatic rings. The highest BCUT2D eigenvalue weighted by Crippen LogP contribution is 2.32. The van der Waals surface area contributed by atoms with E-state index in [1.807, 2.05) is 29.2 Å². The Morgan fingerprint density at radius 3 is 2.20 bits per heavy atom. The lowest BCUT2D eigenvalue weighted by Gasteiger charge is -2.45. The third-order valence-corrected chi connectivity index (χ3v) is 8.52. The van der Waals surface area contributed by atoms with Gasteiger partial charge in [-0.15, -0.1) is 0 Å². The number of rotatable bonds is 18.